The number of aryl methyl sites for hydroxylation is 1. The van der Waals surface area contributed by atoms with Crippen LogP contribution in [-0.2, 0) is 0 Å². The van der Waals surface area contributed by atoms with Gasteiger partial charge < -0.3 is 15.4 Å². The molecule has 0 radical (unpaired) electrons. The molecule has 0 aliphatic carbocycles. The second kappa shape index (κ2) is 8.11. The van der Waals surface area contributed by atoms with Crippen LogP contribution in [0.5, 0.6) is 5.75 Å². The van der Waals surface area contributed by atoms with Gasteiger partial charge in [-0.15, -0.1) is 0 Å². The number of ether oxygens (including phenoxy) is 1. The van der Waals surface area contributed by atoms with Gasteiger partial charge in [0.2, 0.25) is 0 Å². The molecule has 3 N–H and O–H groups in total. The molecule has 1 aromatic carbocycles. The summed E-state index contributed by atoms with van der Waals surface area (Å²) in [6, 6.07) is 11.0. The van der Waals surface area contributed by atoms with Gasteiger partial charge in [-0.25, -0.2) is 9.37 Å². The van der Waals surface area contributed by atoms with Gasteiger partial charge in [0.1, 0.15) is 35.4 Å². The van der Waals surface area contributed by atoms with Crippen molar-refractivity contribution in [3.05, 3.63) is 65.9 Å². The Labute approximate surface area is 149 Å². The third-order valence-electron chi connectivity index (χ3n) is 3.49. The molecule has 0 bridgehead atoms. The Morgan fingerprint density at radius 1 is 1.23 bits per heavy atom. The van der Waals surface area contributed by atoms with E-state index in [4.69, 9.17) is 4.74 Å². The van der Waals surface area contributed by atoms with E-state index in [2.05, 4.69) is 25.8 Å². The Morgan fingerprint density at radius 3 is 2.81 bits per heavy atom. The number of carbonyl (C=O) groups excluding carboxylic acids is 1. The second-order valence-electron chi connectivity index (χ2n) is 5.51. The van der Waals surface area contributed by atoms with Crippen LogP contribution < -0.4 is 15.4 Å². The average molecular weight is 355 g/mol. The maximum atomic E-state index is 12.8. The highest BCUT2D eigenvalue weighted by Gasteiger charge is 2.12. The molecule has 134 valence electrons. The molecular formula is C18H18FN5O2. The lowest BCUT2D eigenvalue weighted by molar-refractivity contribution is 0.102. The molecule has 0 unspecified atom stereocenters. The number of hydrogen-bond acceptors (Lipinski definition) is 5. The number of halogens is 1. The lowest BCUT2D eigenvalue weighted by Crippen LogP contribution is -2.16. The van der Waals surface area contributed by atoms with Crippen LogP contribution >= 0.6 is 0 Å². The number of hydrogen-bond donors (Lipinski definition) is 3. The normalized spacial score (nSPS) is 10.4. The Morgan fingerprint density at radius 2 is 2.04 bits per heavy atom. The van der Waals surface area contributed by atoms with Crippen LogP contribution in [0.4, 0.5) is 15.9 Å². The Kier molecular flexibility index (Phi) is 5.43. The highest BCUT2D eigenvalue weighted by molar-refractivity contribution is 6.04. The SMILES string of the molecule is Cc1cccc(C(=O)Nc2cn[nH]c2NCCOc2ccc(F)cc2)n1. The van der Waals surface area contributed by atoms with Gasteiger partial charge in [0, 0.05) is 5.69 Å². The average Bonchev–Trinajstić information content (AvgIpc) is 3.07. The van der Waals surface area contributed by atoms with Crippen molar-refractivity contribution in [1.29, 1.82) is 0 Å². The fourth-order valence-electron chi connectivity index (χ4n) is 2.25. The van der Waals surface area contributed by atoms with Crippen LogP contribution in [0.15, 0.2) is 48.7 Å². The van der Waals surface area contributed by atoms with E-state index in [-0.39, 0.29) is 11.7 Å². The molecule has 0 atom stereocenters. The highest BCUT2D eigenvalue weighted by atomic mass is 19.1. The Hall–Kier alpha value is -3.42. The van der Waals surface area contributed by atoms with E-state index in [0.717, 1.165) is 5.69 Å². The van der Waals surface area contributed by atoms with Gasteiger partial charge in [-0.05, 0) is 43.3 Å². The second-order valence-corrected chi connectivity index (χ2v) is 5.51. The summed E-state index contributed by atoms with van der Waals surface area (Å²) in [5, 5.41) is 12.6. The zero-order valence-electron chi connectivity index (χ0n) is 14.1. The molecule has 7 nitrogen and oxygen atoms in total. The minimum absolute atomic E-state index is 0.309. The van der Waals surface area contributed by atoms with Gasteiger partial charge >= 0.3 is 0 Å². The molecule has 8 heteroatoms. The molecule has 0 aliphatic rings. The predicted octanol–water partition coefficient (Wildman–Crippen LogP) is 3.00. The van der Waals surface area contributed by atoms with Crippen molar-refractivity contribution in [2.24, 2.45) is 0 Å². The number of nitrogens with one attached hydrogen (secondary N) is 3. The number of benzene rings is 1. The third-order valence-corrected chi connectivity index (χ3v) is 3.49. The number of nitrogens with zero attached hydrogens (tertiary/aromatic N) is 2. The van der Waals surface area contributed by atoms with Crippen molar-refractivity contribution in [3.63, 3.8) is 0 Å². The topological polar surface area (TPSA) is 91.9 Å². The summed E-state index contributed by atoms with van der Waals surface area (Å²) in [4.78, 5) is 16.4. The van der Waals surface area contributed by atoms with Crippen molar-refractivity contribution in [2.75, 3.05) is 23.8 Å². The third kappa shape index (κ3) is 4.56. The number of pyridine rings is 1. The largest absolute Gasteiger partial charge is 0.492 e. The number of H-pyrrole nitrogens is 1. The summed E-state index contributed by atoms with van der Waals surface area (Å²) in [7, 11) is 0. The predicted molar refractivity (Wildman–Crippen MR) is 95.9 cm³/mol. The van der Waals surface area contributed by atoms with Crippen LogP contribution in [0, 0.1) is 12.7 Å². The first-order valence-corrected chi connectivity index (χ1v) is 8.02. The first-order valence-electron chi connectivity index (χ1n) is 8.02. The molecule has 0 saturated carbocycles. The van der Waals surface area contributed by atoms with E-state index in [1.165, 1.54) is 18.3 Å². The molecule has 3 rings (SSSR count). The van der Waals surface area contributed by atoms with Crippen LogP contribution in [0.25, 0.3) is 0 Å². The summed E-state index contributed by atoms with van der Waals surface area (Å²) in [6.07, 6.45) is 1.51. The number of carbonyl (C=O) groups is 1. The maximum absolute atomic E-state index is 12.8. The standard InChI is InChI=1S/C18H18FN5O2/c1-12-3-2-4-15(22-12)18(25)23-16-11-21-24-17(16)20-9-10-26-14-7-5-13(19)6-8-14/h2-8,11H,9-10H2,1H3,(H,23,25)(H2,20,21,24). The molecule has 0 spiro atoms. The minimum atomic E-state index is -0.319. The molecule has 0 fully saturated rings. The van der Waals surface area contributed by atoms with E-state index in [1.807, 2.05) is 13.0 Å². The van der Waals surface area contributed by atoms with E-state index in [1.54, 1.807) is 24.3 Å². The van der Waals surface area contributed by atoms with E-state index >= 15 is 0 Å². The Balaban J connectivity index is 1.52. The smallest absolute Gasteiger partial charge is 0.274 e. The van der Waals surface area contributed by atoms with Crippen LogP contribution in [0.1, 0.15) is 16.2 Å². The summed E-state index contributed by atoms with van der Waals surface area (Å²) in [5.74, 6) is 0.516. The molecule has 1 amide bonds. The van der Waals surface area contributed by atoms with Crippen LogP contribution in [0.2, 0.25) is 0 Å². The zero-order chi connectivity index (χ0) is 18.4. The fourth-order valence-corrected chi connectivity index (χ4v) is 2.25. The summed E-state index contributed by atoms with van der Waals surface area (Å²) >= 11 is 0. The monoisotopic (exact) mass is 355 g/mol. The van der Waals surface area contributed by atoms with Crippen molar-refractivity contribution in [1.82, 2.24) is 15.2 Å². The summed E-state index contributed by atoms with van der Waals surface area (Å²) in [5.41, 5.74) is 1.61. The van der Waals surface area contributed by atoms with E-state index in [9.17, 15) is 9.18 Å². The molecule has 2 aromatic heterocycles. The lowest BCUT2D eigenvalue weighted by Gasteiger charge is -2.09. The molecular weight excluding hydrogens is 337 g/mol. The van der Waals surface area contributed by atoms with Gasteiger partial charge in [-0.1, -0.05) is 6.07 Å². The van der Waals surface area contributed by atoms with Gasteiger partial charge in [0.25, 0.3) is 5.91 Å². The lowest BCUT2D eigenvalue weighted by atomic mass is 10.3. The highest BCUT2D eigenvalue weighted by Crippen LogP contribution is 2.18. The quantitative estimate of drug-likeness (QED) is 0.567. The first-order chi connectivity index (χ1) is 12.6. The van der Waals surface area contributed by atoms with Gasteiger partial charge in [-0.3, -0.25) is 9.89 Å². The number of rotatable bonds is 7. The number of amides is 1. The minimum Gasteiger partial charge on any atom is -0.492 e. The van der Waals surface area contributed by atoms with E-state index < -0.39 is 0 Å². The van der Waals surface area contributed by atoms with Gasteiger partial charge in [0.15, 0.2) is 0 Å². The molecule has 26 heavy (non-hydrogen) atoms. The fraction of sp³-hybridized carbons (Fsp3) is 0.167. The molecule has 2 heterocycles. The maximum Gasteiger partial charge on any atom is 0.274 e. The van der Waals surface area contributed by atoms with Crippen molar-refractivity contribution in [2.45, 2.75) is 6.92 Å². The molecule has 3 aromatic rings. The van der Waals surface area contributed by atoms with Gasteiger partial charge in [-0.2, -0.15) is 5.10 Å². The van der Waals surface area contributed by atoms with Crippen molar-refractivity contribution >= 4 is 17.4 Å². The van der Waals surface area contributed by atoms with Crippen molar-refractivity contribution < 1.29 is 13.9 Å². The number of anilines is 2. The summed E-state index contributed by atoms with van der Waals surface area (Å²) < 4.78 is 18.3. The Bertz CT molecular complexity index is 879. The van der Waals surface area contributed by atoms with Crippen LogP contribution in [0.3, 0.4) is 0 Å². The number of aromatic amines is 1. The zero-order valence-corrected chi connectivity index (χ0v) is 14.1. The van der Waals surface area contributed by atoms with E-state index in [0.29, 0.717) is 36.1 Å². The molecule has 0 saturated heterocycles. The van der Waals surface area contributed by atoms with Crippen LogP contribution in [-0.4, -0.2) is 34.2 Å². The number of aromatic nitrogens is 3. The van der Waals surface area contributed by atoms with Crippen molar-refractivity contribution in [3.8, 4) is 5.75 Å². The van der Waals surface area contributed by atoms with Gasteiger partial charge in [0.05, 0.1) is 12.7 Å². The summed E-state index contributed by atoms with van der Waals surface area (Å²) in [6.45, 7) is 2.64. The first kappa shape index (κ1) is 17.4. The molecule has 0 aliphatic heterocycles.